The van der Waals surface area contributed by atoms with Crippen molar-refractivity contribution in [3.8, 4) is 0 Å². The Morgan fingerprint density at radius 1 is 1.22 bits per heavy atom. The van der Waals surface area contributed by atoms with Gasteiger partial charge in [-0.15, -0.1) is 0 Å². The minimum Gasteiger partial charge on any atom is -0.331 e. The summed E-state index contributed by atoms with van der Waals surface area (Å²) in [5.74, 6) is 2.19. The molecule has 0 aliphatic rings. The fourth-order valence-corrected chi connectivity index (χ4v) is 2.27. The minimum absolute atomic E-state index is 0.167. The number of aryl methyl sites for hydroxylation is 1. The third kappa shape index (κ3) is 2.41. The number of hydrogen-bond acceptors (Lipinski definition) is 2. The van der Waals surface area contributed by atoms with Crippen molar-refractivity contribution >= 4 is 11.0 Å². The Balaban J connectivity index is 2.24. The molecule has 0 bridgehead atoms. The molecule has 1 aromatic carbocycles. The van der Waals surface area contributed by atoms with Crippen LogP contribution in [0, 0.1) is 11.8 Å². The molecule has 2 aromatic rings. The predicted octanol–water partition coefficient (Wildman–Crippen LogP) is 2.74. The number of imidazole rings is 1. The monoisotopic (exact) mass is 245 g/mol. The van der Waals surface area contributed by atoms with Crippen molar-refractivity contribution in [2.24, 2.45) is 24.6 Å². The maximum absolute atomic E-state index is 6.29. The Bertz CT molecular complexity index is 528. The lowest BCUT2D eigenvalue weighted by atomic mass is 9.89. The molecule has 1 aromatic heterocycles. The van der Waals surface area contributed by atoms with Crippen molar-refractivity contribution in [1.29, 1.82) is 0 Å². The molecular formula is C15H23N3. The molecule has 0 saturated heterocycles. The van der Waals surface area contributed by atoms with Gasteiger partial charge in [-0.3, -0.25) is 0 Å². The number of hydrogen-bond donors (Lipinski definition) is 1. The summed E-state index contributed by atoms with van der Waals surface area (Å²) in [5, 5.41) is 0. The van der Waals surface area contributed by atoms with E-state index in [4.69, 9.17) is 5.73 Å². The Morgan fingerprint density at radius 3 is 2.50 bits per heavy atom. The first-order chi connectivity index (χ1) is 8.50. The second-order valence-electron chi connectivity index (χ2n) is 5.55. The first-order valence-corrected chi connectivity index (χ1v) is 6.66. The Labute approximate surface area is 109 Å². The van der Waals surface area contributed by atoms with Crippen LogP contribution < -0.4 is 5.73 Å². The first kappa shape index (κ1) is 13.1. The van der Waals surface area contributed by atoms with Crippen LogP contribution in [0.1, 0.15) is 26.6 Å². The highest BCUT2D eigenvalue weighted by Crippen LogP contribution is 2.19. The molecule has 0 amide bonds. The predicted molar refractivity (Wildman–Crippen MR) is 76.4 cm³/mol. The van der Waals surface area contributed by atoms with Crippen molar-refractivity contribution in [3.05, 3.63) is 30.1 Å². The number of aromatic nitrogens is 2. The third-order valence-corrected chi connectivity index (χ3v) is 4.02. The number of nitrogens with two attached hydrogens (primary N) is 1. The molecule has 0 fully saturated rings. The van der Waals surface area contributed by atoms with E-state index in [0.29, 0.717) is 11.8 Å². The highest BCUT2D eigenvalue weighted by atomic mass is 15.1. The second kappa shape index (κ2) is 5.11. The molecule has 1 heterocycles. The fourth-order valence-electron chi connectivity index (χ4n) is 2.27. The molecule has 0 saturated carbocycles. The van der Waals surface area contributed by atoms with Crippen molar-refractivity contribution in [3.63, 3.8) is 0 Å². The second-order valence-corrected chi connectivity index (χ2v) is 5.55. The largest absolute Gasteiger partial charge is 0.331 e. The van der Waals surface area contributed by atoms with Gasteiger partial charge in [0.2, 0.25) is 0 Å². The van der Waals surface area contributed by atoms with Crippen molar-refractivity contribution < 1.29 is 0 Å². The summed E-state index contributed by atoms with van der Waals surface area (Å²) in [5.41, 5.74) is 8.52. The number of rotatable bonds is 4. The number of para-hydroxylation sites is 2. The average molecular weight is 245 g/mol. The highest BCUT2D eigenvalue weighted by molar-refractivity contribution is 5.75. The summed E-state index contributed by atoms with van der Waals surface area (Å²) in [6.07, 6.45) is 0.838. The van der Waals surface area contributed by atoms with Crippen LogP contribution in [0.15, 0.2) is 24.3 Å². The SMILES string of the molecule is CC(C)C(C)C(N)Cc1nc2ccccc2n1C. The van der Waals surface area contributed by atoms with Crippen LogP contribution in [0.2, 0.25) is 0 Å². The van der Waals surface area contributed by atoms with E-state index >= 15 is 0 Å². The van der Waals surface area contributed by atoms with E-state index in [2.05, 4.69) is 49.5 Å². The van der Waals surface area contributed by atoms with Gasteiger partial charge >= 0.3 is 0 Å². The lowest BCUT2D eigenvalue weighted by Crippen LogP contribution is -2.34. The normalized spacial score (nSPS) is 15.2. The van der Waals surface area contributed by atoms with Gasteiger partial charge < -0.3 is 10.3 Å². The quantitative estimate of drug-likeness (QED) is 0.900. The number of fused-ring (bicyclic) bond motifs is 1. The van der Waals surface area contributed by atoms with E-state index in [1.807, 2.05) is 12.1 Å². The van der Waals surface area contributed by atoms with Crippen LogP contribution in [0.5, 0.6) is 0 Å². The molecule has 98 valence electrons. The van der Waals surface area contributed by atoms with E-state index in [1.165, 1.54) is 5.52 Å². The summed E-state index contributed by atoms with van der Waals surface area (Å²) in [6.45, 7) is 6.66. The smallest absolute Gasteiger partial charge is 0.111 e. The topological polar surface area (TPSA) is 43.8 Å². The van der Waals surface area contributed by atoms with Crippen LogP contribution in [0.4, 0.5) is 0 Å². The number of nitrogens with zero attached hydrogens (tertiary/aromatic N) is 2. The van der Waals surface area contributed by atoms with Gasteiger partial charge in [0.15, 0.2) is 0 Å². The van der Waals surface area contributed by atoms with Gasteiger partial charge in [0.05, 0.1) is 11.0 Å². The summed E-state index contributed by atoms with van der Waals surface area (Å²) < 4.78 is 2.15. The van der Waals surface area contributed by atoms with Crippen molar-refractivity contribution in [2.75, 3.05) is 0 Å². The average Bonchev–Trinajstić information content (AvgIpc) is 2.66. The standard InChI is InChI=1S/C15H23N3/c1-10(2)11(3)12(16)9-15-17-13-7-5-6-8-14(13)18(15)4/h5-8,10-12H,9,16H2,1-4H3. The van der Waals surface area contributed by atoms with Gasteiger partial charge in [-0.2, -0.15) is 0 Å². The maximum atomic E-state index is 6.29. The van der Waals surface area contributed by atoms with Gasteiger partial charge in [-0.05, 0) is 24.0 Å². The summed E-state index contributed by atoms with van der Waals surface area (Å²) in [7, 11) is 2.07. The van der Waals surface area contributed by atoms with Crippen LogP contribution in [-0.4, -0.2) is 15.6 Å². The Morgan fingerprint density at radius 2 is 1.89 bits per heavy atom. The van der Waals surface area contributed by atoms with Crippen molar-refractivity contribution in [2.45, 2.75) is 33.2 Å². The van der Waals surface area contributed by atoms with E-state index in [1.54, 1.807) is 0 Å². The lowest BCUT2D eigenvalue weighted by Gasteiger charge is -2.22. The van der Waals surface area contributed by atoms with Crippen molar-refractivity contribution in [1.82, 2.24) is 9.55 Å². The molecule has 0 spiro atoms. The van der Waals surface area contributed by atoms with Gasteiger partial charge in [-0.25, -0.2) is 4.98 Å². The zero-order valence-corrected chi connectivity index (χ0v) is 11.7. The van der Waals surface area contributed by atoms with Gasteiger partial charge in [0, 0.05) is 19.5 Å². The zero-order valence-electron chi connectivity index (χ0n) is 11.7. The van der Waals surface area contributed by atoms with E-state index in [9.17, 15) is 0 Å². The number of benzene rings is 1. The molecular weight excluding hydrogens is 222 g/mol. The van der Waals surface area contributed by atoms with Gasteiger partial charge in [0.25, 0.3) is 0 Å². The molecule has 2 unspecified atom stereocenters. The van der Waals surface area contributed by atoms with Crippen LogP contribution >= 0.6 is 0 Å². The van der Waals surface area contributed by atoms with Gasteiger partial charge in [0.1, 0.15) is 5.82 Å². The summed E-state index contributed by atoms with van der Waals surface area (Å²) in [4.78, 5) is 4.68. The van der Waals surface area contributed by atoms with E-state index in [-0.39, 0.29) is 6.04 Å². The maximum Gasteiger partial charge on any atom is 0.111 e. The third-order valence-electron chi connectivity index (χ3n) is 4.02. The molecule has 18 heavy (non-hydrogen) atoms. The Kier molecular flexibility index (Phi) is 3.71. The molecule has 3 nitrogen and oxygen atoms in total. The van der Waals surface area contributed by atoms with Crippen LogP contribution in [0.25, 0.3) is 11.0 Å². The molecule has 2 N–H and O–H groups in total. The fraction of sp³-hybridized carbons (Fsp3) is 0.533. The molecule has 0 radical (unpaired) electrons. The molecule has 2 rings (SSSR count). The highest BCUT2D eigenvalue weighted by Gasteiger charge is 2.19. The van der Waals surface area contributed by atoms with Gasteiger partial charge in [-0.1, -0.05) is 32.9 Å². The first-order valence-electron chi connectivity index (χ1n) is 6.66. The Hall–Kier alpha value is -1.35. The van der Waals surface area contributed by atoms with E-state index < -0.39 is 0 Å². The molecule has 0 aliphatic carbocycles. The van der Waals surface area contributed by atoms with Crippen LogP contribution in [-0.2, 0) is 13.5 Å². The summed E-state index contributed by atoms with van der Waals surface area (Å²) in [6, 6.07) is 8.39. The lowest BCUT2D eigenvalue weighted by molar-refractivity contribution is 0.340. The molecule has 2 atom stereocenters. The summed E-state index contributed by atoms with van der Waals surface area (Å²) >= 11 is 0. The minimum atomic E-state index is 0.167. The zero-order chi connectivity index (χ0) is 13.3. The molecule has 0 aliphatic heterocycles. The molecule has 3 heteroatoms. The van der Waals surface area contributed by atoms with Crippen LogP contribution in [0.3, 0.4) is 0 Å². The van der Waals surface area contributed by atoms with E-state index in [0.717, 1.165) is 17.8 Å².